The summed E-state index contributed by atoms with van der Waals surface area (Å²) in [4.78, 5) is 23.1. The molecule has 20 heavy (non-hydrogen) atoms. The van der Waals surface area contributed by atoms with E-state index in [-0.39, 0.29) is 5.70 Å². The van der Waals surface area contributed by atoms with Crippen LogP contribution in [0, 0.1) is 0 Å². The fraction of sp³-hybridized carbons (Fsp3) is 0. The molecule has 1 amide bonds. The van der Waals surface area contributed by atoms with E-state index < -0.39 is 11.9 Å². The van der Waals surface area contributed by atoms with E-state index >= 15 is 0 Å². The lowest BCUT2D eigenvalue weighted by Gasteiger charge is -2.05. The third-order valence-electron chi connectivity index (χ3n) is 2.41. The number of furan rings is 1. The molecule has 0 unspecified atom stereocenters. The number of rotatable bonds is 4. The van der Waals surface area contributed by atoms with Crippen molar-refractivity contribution in [2.75, 3.05) is 0 Å². The normalized spacial score (nSPS) is 11.2. The van der Waals surface area contributed by atoms with Crippen LogP contribution in [-0.2, 0) is 4.79 Å². The van der Waals surface area contributed by atoms with Crippen molar-refractivity contribution in [2.45, 2.75) is 0 Å². The Morgan fingerprint density at radius 3 is 2.45 bits per heavy atom. The van der Waals surface area contributed by atoms with Crippen molar-refractivity contribution in [1.82, 2.24) is 5.32 Å². The first kappa shape index (κ1) is 14.1. The third kappa shape index (κ3) is 3.58. The summed E-state index contributed by atoms with van der Waals surface area (Å²) in [6, 6.07) is 9.80. The third-order valence-corrected chi connectivity index (χ3v) is 2.94. The molecule has 0 saturated carbocycles. The maximum Gasteiger partial charge on any atom is 0.352 e. The number of hydrogen-bond acceptors (Lipinski definition) is 3. The second-order valence-electron chi connectivity index (χ2n) is 3.84. The van der Waals surface area contributed by atoms with E-state index in [4.69, 9.17) is 9.52 Å². The van der Waals surface area contributed by atoms with Crippen molar-refractivity contribution >= 4 is 33.9 Å². The summed E-state index contributed by atoms with van der Waals surface area (Å²) in [7, 11) is 0. The van der Waals surface area contributed by atoms with Gasteiger partial charge >= 0.3 is 5.97 Å². The van der Waals surface area contributed by atoms with Crippen LogP contribution in [0.15, 0.2) is 57.2 Å². The highest BCUT2D eigenvalue weighted by molar-refractivity contribution is 9.10. The van der Waals surface area contributed by atoms with Gasteiger partial charge in [-0.3, -0.25) is 4.79 Å². The minimum absolute atomic E-state index is 0.257. The molecule has 0 spiro atoms. The van der Waals surface area contributed by atoms with E-state index in [0.29, 0.717) is 11.3 Å². The number of carboxylic acid groups (broad SMARTS) is 1. The zero-order valence-electron chi connectivity index (χ0n) is 10.2. The molecule has 0 fully saturated rings. The van der Waals surface area contributed by atoms with Gasteiger partial charge in [0, 0.05) is 16.1 Å². The number of halogens is 1. The molecule has 0 atom stereocenters. The molecule has 0 radical (unpaired) electrons. The number of carbonyl (C=O) groups excluding carboxylic acids is 1. The Morgan fingerprint density at radius 2 is 1.90 bits per heavy atom. The Bertz CT molecular complexity index is 644. The zero-order valence-corrected chi connectivity index (χ0v) is 11.8. The van der Waals surface area contributed by atoms with E-state index in [1.54, 1.807) is 36.4 Å². The Morgan fingerprint density at radius 1 is 1.20 bits per heavy atom. The van der Waals surface area contributed by atoms with Gasteiger partial charge < -0.3 is 14.8 Å². The van der Waals surface area contributed by atoms with E-state index in [0.717, 1.165) is 4.47 Å². The van der Waals surface area contributed by atoms with Gasteiger partial charge in [-0.25, -0.2) is 4.79 Å². The Hall–Kier alpha value is -2.34. The maximum atomic E-state index is 11.9. The molecule has 1 aromatic carbocycles. The molecule has 2 N–H and O–H groups in total. The summed E-state index contributed by atoms with van der Waals surface area (Å²) < 4.78 is 5.85. The molecule has 102 valence electrons. The van der Waals surface area contributed by atoms with E-state index in [1.165, 1.54) is 12.3 Å². The summed E-state index contributed by atoms with van der Waals surface area (Å²) in [5, 5.41) is 11.4. The van der Waals surface area contributed by atoms with E-state index in [1.807, 2.05) is 0 Å². The fourth-order valence-electron chi connectivity index (χ4n) is 1.46. The molecular weight excluding hydrogens is 326 g/mol. The SMILES string of the molecule is O=C(O)/C(=C/c1ccco1)NC(=O)c1ccc(Br)cc1. The van der Waals surface area contributed by atoms with Crippen molar-refractivity contribution in [2.24, 2.45) is 0 Å². The molecule has 1 aromatic heterocycles. The monoisotopic (exact) mass is 335 g/mol. The van der Waals surface area contributed by atoms with Crippen LogP contribution in [-0.4, -0.2) is 17.0 Å². The van der Waals surface area contributed by atoms with Gasteiger partial charge in [0.15, 0.2) is 0 Å². The minimum Gasteiger partial charge on any atom is -0.477 e. The van der Waals surface area contributed by atoms with Gasteiger partial charge in [-0.1, -0.05) is 15.9 Å². The predicted octanol–water partition coefficient (Wildman–Crippen LogP) is 2.90. The number of carbonyl (C=O) groups is 2. The summed E-state index contributed by atoms with van der Waals surface area (Å²) in [5.74, 6) is -1.40. The highest BCUT2D eigenvalue weighted by Gasteiger charge is 2.13. The van der Waals surface area contributed by atoms with Gasteiger partial charge in [-0.2, -0.15) is 0 Å². The first-order chi connectivity index (χ1) is 9.56. The molecule has 2 rings (SSSR count). The number of nitrogens with one attached hydrogen (secondary N) is 1. The molecule has 0 aliphatic rings. The van der Waals surface area contributed by atoms with Gasteiger partial charge in [-0.05, 0) is 36.4 Å². The topological polar surface area (TPSA) is 79.5 Å². The Balaban J connectivity index is 2.18. The molecule has 0 aliphatic carbocycles. The van der Waals surface area contributed by atoms with Gasteiger partial charge in [0.2, 0.25) is 0 Å². The minimum atomic E-state index is -1.24. The molecule has 0 aliphatic heterocycles. The molecule has 6 heteroatoms. The maximum absolute atomic E-state index is 11.9. The quantitative estimate of drug-likeness (QED) is 0.842. The lowest BCUT2D eigenvalue weighted by Crippen LogP contribution is -2.27. The van der Waals surface area contributed by atoms with Gasteiger partial charge in [-0.15, -0.1) is 0 Å². The van der Waals surface area contributed by atoms with Gasteiger partial charge in [0.25, 0.3) is 5.91 Å². The van der Waals surface area contributed by atoms with Gasteiger partial charge in [0.05, 0.1) is 6.26 Å². The van der Waals surface area contributed by atoms with Crippen LogP contribution in [0.3, 0.4) is 0 Å². The lowest BCUT2D eigenvalue weighted by molar-refractivity contribution is -0.132. The van der Waals surface area contributed by atoms with Crippen molar-refractivity contribution < 1.29 is 19.1 Å². The standard InChI is InChI=1S/C14H10BrNO4/c15-10-5-3-9(4-6-10)13(17)16-12(14(18)19)8-11-2-1-7-20-11/h1-8H,(H,16,17)(H,18,19)/b12-8-. The van der Waals surface area contributed by atoms with E-state index in [2.05, 4.69) is 21.2 Å². The molecule has 5 nitrogen and oxygen atoms in total. The van der Waals surface area contributed by atoms with Crippen LogP contribution in [0.4, 0.5) is 0 Å². The van der Waals surface area contributed by atoms with Crippen molar-refractivity contribution in [3.05, 3.63) is 64.2 Å². The smallest absolute Gasteiger partial charge is 0.352 e. The largest absolute Gasteiger partial charge is 0.477 e. The highest BCUT2D eigenvalue weighted by Crippen LogP contribution is 2.11. The van der Waals surface area contributed by atoms with Crippen LogP contribution in [0.2, 0.25) is 0 Å². The van der Waals surface area contributed by atoms with Gasteiger partial charge in [0.1, 0.15) is 11.5 Å². The first-order valence-electron chi connectivity index (χ1n) is 5.61. The average Bonchev–Trinajstić information content (AvgIpc) is 2.91. The number of hydrogen-bond donors (Lipinski definition) is 2. The molecule has 2 aromatic rings. The van der Waals surface area contributed by atoms with Crippen molar-refractivity contribution in [3.63, 3.8) is 0 Å². The summed E-state index contributed by atoms with van der Waals surface area (Å²) in [6.07, 6.45) is 2.67. The molecular formula is C14H10BrNO4. The van der Waals surface area contributed by atoms with Crippen molar-refractivity contribution in [1.29, 1.82) is 0 Å². The summed E-state index contributed by atoms with van der Waals surface area (Å²) >= 11 is 3.26. The second-order valence-corrected chi connectivity index (χ2v) is 4.76. The average molecular weight is 336 g/mol. The Labute approximate surface area is 123 Å². The molecule has 1 heterocycles. The zero-order chi connectivity index (χ0) is 14.5. The number of aliphatic carboxylic acids is 1. The number of benzene rings is 1. The van der Waals surface area contributed by atoms with E-state index in [9.17, 15) is 9.59 Å². The van der Waals surface area contributed by atoms with Crippen LogP contribution in [0.25, 0.3) is 6.08 Å². The summed E-state index contributed by atoms with van der Waals surface area (Å²) in [6.45, 7) is 0. The van der Waals surface area contributed by atoms with Crippen LogP contribution < -0.4 is 5.32 Å². The molecule has 0 bridgehead atoms. The number of carboxylic acids is 1. The number of amides is 1. The summed E-state index contributed by atoms with van der Waals surface area (Å²) in [5.41, 5.74) is 0.104. The second kappa shape index (κ2) is 6.21. The fourth-order valence-corrected chi connectivity index (χ4v) is 1.73. The first-order valence-corrected chi connectivity index (χ1v) is 6.41. The van der Waals surface area contributed by atoms with Crippen LogP contribution in [0.5, 0.6) is 0 Å². The van der Waals surface area contributed by atoms with Crippen molar-refractivity contribution in [3.8, 4) is 0 Å². The lowest BCUT2D eigenvalue weighted by atomic mass is 10.2. The van der Waals surface area contributed by atoms with Crippen LogP contribution in [0.1, 0.15) is 16.1 Å². The highest BCUT2D eigenvalue weighted by atomic mass is 79.9. The molecule has 0 saturated heterocycles. The predicted molar refractivity (Wildman–Crippen MR) is 75.9 cm³/mol. The van der Waals surface area contributed by atoms with Crippen LogP contribution >= 0.6 is 15.9 Å². The Kier molecular flexibility index (Phi) is 4.37.